The molecule has 0 spiro atoms. The third-order valence-corrected chi connectivity index (χ3v) is 4.23. The Kier molecular flexibility index (Phi) is 3.52. The molecule has 0 radical (unpaired) electrons. The molecular formula is C15H20O4. The number of hydrogen-bond acceptors (Lipinski definition) is 4. The Labute approximate surface area is 113 Å². The molecule has 0 aromatic heterocycles. The van der Waals surface area contributed by atoms with Gasteiger partial charge in [-0.15, -0.1) is 0 Å². The van der Waals surface area contributed by atoms with Crippen molar-refractivity contribution in [1.82, 2.24) is 0 Å². The molecule has 19 heavy (non-hydrogen) atoms. The number of esters is 2. The van der Waals surface area contributed by atoms with Gasteiger partial charge in [-0.2, -0.15) is 0 Å². The fraction of sp³-hybridized carbons (Fsp3) is 0.600. The van der Waals surface area contributed by atoms with Gasteiger partial charge in [-0.3, -0.25) is 9.59 Å². The molecular weight excluding hydrogens is 244 g/mol. The van der Waals surface area contributed by atoms with Crippen LogP contribution in [0.2, 0.25) is 0 Å². The molecule has 0 aromatic carbocycles. The minimum absolute atomic E-state index is 0.392. The van der Waals surface area contributed by atoms with E-state index in [1.165, 1.54) is 19.8 Å². The monoisotopic (exact) mass is 264 g/mol. The summed E-state index contributed by atoms with van der Waals surface area (Å²) in [5, 5.41) is 0. The maximum absolute atomic E-state index is 12.1. The highest BCUT2D eigenvalue weighted by Gasteiger charge is 2.52. The van der Waals surface area contributed by atoms with Crippen molar-refractivity contribution in [2.24, 2.45) is 11.3 Å². The van der Waals surface area contributed by atoms with E-state index >= 15 is 0 Å². The largest absolute Gasteiger partial charge is 0.468 e. The van der Waals surface area contributed by atoms with Crippen LogP contribution in [-0.4, -0.2) is 26.2 Å². The normalized spacial score (nSPS) is 24.6. The van der Waals surface area contributed by atoms with Crippen molar-refractivity contribution < 1.29 is 19.1 Å². The number of fused-ring (bicyclic) bond motifs is 1. The maximum Gasteiger partial charge on any atom is 0.323 e. The van der Waals surface area contributed by atoms with Crippen molar-refractivity contribution >= 4 is 11.9 Å². The number of ether oxygens (including phenoxy) is 2. The molecule has 0 aliphatic heterocycles. The van der Waals surface area contributed by atoms with Gasteiger partial charge in [-0.05, 0) is 43.3 Å². The molecule has 4 heteroatoms. The van der Waals surface area contributed by atoms with Gasteiger partial charge in [0.2, 0.25) is 0 Å². The summed E-state index contributed by atoms with van der Waals surface area (Å²) in [4.78, 5) is 24.3. The molecule has 0 bridgehead atoms. The SMILES string of the molecule is COC(=O)C1(C(=O)OC)CC2=CCC(C)C2=C(C)C1. The van der Waals surface area contributed by atoms with Crippen molar-refractivity contribution in [2.75, 3.05) is 14.2 Å². The fourth-order valence-electron chi connectivity index (χ4n) is 3.42. The Morgan fingerprint density at radius 3 is 2.32 bits per heavy atom. The highest BCUT2D eigenvalue weighted by Crippen LogP contribution is 2.49. The molecule has 0 fully saturated rings. The van der Waals surface area contributed by atoms with Gasteiger partial charge < -0.3 is 9.47 Å². The summed E-state index contributed by atoms with van der Waals surface area (Å²) in [6, 6.07) is 0. The van der Waals surface area contributed by atoms with Crippen molar-refractivity contribution in [3.05, 3.63) is 22.8 Å². The fourth-order valence-corrected chi connectivity index (χ4v) is 3.42. The van der Waals surface area contributed by atoms with Gasteiger partial charge >= 0.3 is 11.9 Å². The molecule has 0 aromatic rings. The summed E-state index contributed by atoms with van der Waals surface area (Å²) in [6.07, 6.45) is 3.89. The van der Waals surface area contributed by atoms with E-state index in [2.05, 4.69) is 13.0 Å². The zero-order chi connectivity index (χ0) is 14.2. The molecule has 2 aliphatic rings. The highest BCUT2D eigenvalue weighted by atomic mass is 16.5. The Balaban J connectivity index is 2.48. The summed E-state index contributed by atoms with van der Waals surface area (Å²) in [5.74, 6) is -0.528. The van der Waals surface area contributed by atoms with Crippen LogP contribution in [0.1, 0.15) is 33.1 Å². The van der Waals surface area contributed by atoms with Crippen LogP contribution in [0.25, 0.3) is 0 Å². The quantitative estimate of drug-likeness (QED) is 0.567. The smallest absolute Gasteiger partial charge is 0.323 e. The maximum atomic E-state index is 12.1. The van der Waals surface area contributed by atoms with Gasteiger partial charge in [0.15, 0.2) is 5.41 Å². The topological polar surface area (TPSA) is 52.6 Å². The van der Waals surface area contributed by atoms with Crippen LogP contribution in [0.5, 0.6) is 0 Å². The third kappa shape index (κ3) is 1.99. The Hall–Kier alpha value is -1.58. The Bertz CT molecular complexity index is 468. The van der Waals surface area contributed by atoms with Crippen LogP contribution in [-0.2, 0) is 19.1 Å². The van der Waals surface area contributed by atoms with Crippen molar-refractivity contribution in [3.8, 4) is 0 Å². The van der Waals surface area contributed by atoms with E-state index in [9.17, 15) is 9.59 Å². The number of rotatable bonds is 2. The van der Waals surface area contributed by atoms with Crippen LogP contribution in [0.4, 0.5) is 0 Å². The molecule has 0 N–H and O–H groups in total. The van der Waals surface area contributed by atoms with Gasteiger partial charge in [0.05, 0.1) is 14.2 Å². The Morgan fingerprint density at radius 1 is 1.21 bits per heavy atom. The number of methoxy groups -OCH3 is 2. The first-order valence-electron chi connectivity index (χ1n) is 6.52. The van der Waals surface area contributed by atoms with E-state index in [0.29, 0.717) is 18.8 Å². The van der Waals surface area contributed by atoms with Gasteiger partial charge in [-0.25, -0.2) is 0 Å². The van der Waals surface area contributed by atoms with E-state index < -0.39 is 17.4 Å². The number of allylic oxidation sites excluding steroid dienone is 4. The minimum Gasteiger partial charge on any atom is -0.468 e. The molecule has 104 valence electrons. The summed E-state index contributed by atoms with van der Waals surface area (Å²) >= 11 is 0. The van der Waals surface area contributed by atoms with E-state index in [4.69, 9.17) is 9.47 Å². The van der Waals surface area contributed by atoms with Crippen LogP contribution in [0.15, 0.2) is 22.8 Å². The summed E-state index contributed by atoms with van der Waals surface area (Å²) in [7, 11) is 2.63. The Morgan fingerprint density at radius 2 is 1.79 bits per heavy atom. The van der Waals surface area contributed by atoms with E-state index in [-0.39, 0.29) is 0 Å². The van der Waals surface area contributed by atoms with E-state index in [0.717, 1.165) is 17.6 Å². The van der Waals surface area contributed by atoms with Crippen LogP contribution >= 0.6 is 0 Å². The van der Waals surface area contributed by atoms with Gasteiger partial charge in [-0.1, -0.05) is 18.6 Å². The van der Waals surface area contributed by atoms with Gasteiger partial charge in [0.25, 0.3) is 0 Å². The van der Waals surface area contributed by atoms with Crippen LogP contribution in [0.3, 0.4) is 0 Å². The minimum atomic E-state index is -1.20. The lowest BCUT2D eigenvalue weighted by molar-refractivity contribution is -0.169. The third-order valence-electron chi connectivity index (χ3n) is 4.23. The van der Waals surface area contributed by atoms with Crippen molar-refractivity contribution in [2.45, 2.75) is 33.1 Å². The lowest BCUT2D eigenvalue weighted by Crippen LogP contribution is -2.43. The van der Waals surface area contributed by atoms with Crippen LogP contribution < -0.4 is 0 Å². The average Bonchev–Trinajstić information content (AvgIpc) is 2.78. The summed E-state index contributed by atoms with van der Waals surface area (Å²) in [5.41, 5.74) is 2.31. The molecule has 0 saturated carbocycles. The summed E-state index contributed by atoms with van der Waals surface area (Å²) in [6.45, 7) is 4.16. The predicted octanol–water partition coefficient (Wildman–Crippen LogP) is 2.40. The number of carbonyl (C=O) groups excluding carboxylic acids is 2. The lowest BCUT2D eigenvalue weighted by atomic mass is 9.69. The molecule has 1 unspecified atom stereocenters. The number of hydrogen-bond donors (Lipinski definition) is 0. The highest BCUT2D eigenvalue weighted by molar-refractivity contribution is 6.01. The second-order valence-corrected chi connectivity index (χ2v) is 5.48. The summed E-state index contributed by atoms with van der Waals surface area (Å²) < 4.78 is 9.70. The van der Waals surface area contributed by atoms with Crippen LogP contribution in [0, 0.1) is 11.3 Å². The second kappa shape index (κ2) is 4.83. The number of carbonyl (C=O) groups is 2. The average molecular weight is 264 g/mol. The molecule has 0 heterocycles. The molecule has 0 amide bonds. The standard InChI is InChI=1S/C15H20O4/c1-9-5-6-11-8-15(13(16)18-3,14(17)19-4)7-10(2)12(9)11/h6,9H,5,7-8H2,1-4H3. The molecule has 0 saturated heterocycles. The first-order valence-corrected chi connectivity index (χ1v) is 6.52. The first-order chi connectivity index (χ1) is 8.96. The van der Waals surface area contributed by atoms with Crippen molar-refractivity contribution in [1.29, 1.82) is 0 Å². The van der Waals surface area contributed by atoms with E-state index in [1.807, 2.05) is 6.92 Å². The van der Waals surface area contributed by atoms with Gasteiger partial charge in [0, 0.05) is 0 Å². The second-order valence-electron chi connectivity index (χ2n) is 5.48. The zero-order valence-corrected chi connectivity index (χ0v) is 11.9. The molecule has 4 nitrogen and oxygen atoms in total. The van der Waals surface area contributed by atoms with E-state index in [1.54, 1.807) is 0 Å². The molecule has 1 atom stereocenters. The lowest BCUT2D eigenvalue weighted by Gasteiger charge is -2.34. The van der Waals surface area contributed by atoms with Crippen molar-refractivity contribution in [3.63, 3.8) is 0 Å². The zero-order valence-electron chi connectivity index (χ0n) is 11.9. The first kappa shape index (κ1) is 13.8. The van der Waals surface area contributed by atoms with Gasteiger partial charge in [0.1, 0.15) is 0 Å². The molecule has 2 rings (SSSR count). The predicted molar refractivity (Wildman–Crippen MR) is 70.3 cm³/mol. The molecule has 2 aliphatic carbocycles.